The number of carbonyl (C=O) groups excluding carboxylic acids is 1. The van der Waals surface area contributed by atoms with Crippen LogP contribution in [0.2, 0.25) is 0 Å². The summed E-state index contributed by atoms with van der Waals surface area (Å²) in [4.78, 5) is 12.1. The minimum atomic E-state index is 0.114. The Hall–Kier alpha value is -1.55. The lowest BCUT2D eigenvalue weighted by Crippen LogP contribution is -2.31. The third kappa shape index (κ3) is 3.47. The van der Waals surface area contributed by atoms with Crippen LogP contribution in [0.15, 0.2) is 18.2 Å². The topological polar surface area (TPSA) is 50.4 Å². The Balaban J connectivity index is 2.03. The van der Waals surface area contributed by atoms with Gasteiger partial charge >= 0.3 is 0 Å². The number of ketones is 1. The maximum Gasteiger partial charge on any atom is 0.176 e. The molecule has 1 aliphatic rings. The first-order valence-corrected chi connectivity index (χ1v) is 6.91. The van der Waals surface area contributed by atoms with E-state index in [9.17, 15) is 4.79 Å². The molecule has 1 heterocycles. The highest BCUT2D eigenvalue weighted by molar-refractivity contribution is 5.98. The van der Waals surface area contributed by atoms with Gasteiger partial charge in [-0.05, 0) is 38.5 Å². The molecule has 1 aromatic carbocycles. The van der Waals surface area contributed by atoms with Gasteiger partial charge < -0.3 is 15.4 Å². The molecule has 0 bridgehead atoms. The molecule has 0 fully saturated rings. The fourth-order valence-corrected chi connectivity index (χ4v) is 1.97. The van der Waals surface area contributed by atoms with Crippen molar-refractivity contribution in [1.29, 1.82) is 0 Å². The van der Waals surface area contributed by atoms with Gasteiger partial charge in [0.05, 0.1) is 18.8 Å². The molecule has 19 heavy (non-hydrogen) atoms. The molecule has 4 heteroatoms. The molecule has 0 saturated heterocycles. The van der Waals surface area contributed by atoms with E-state index in [4.69, 9.17) is 4.74 Å². The Morgan fingerprint density at radius 2 is 2.37 bits per heavy atom. The highest BCUT2D eigenvalue weighted by Crippen LogP contribution is 2.29. The molecule has 0 spiro atoms. The second-order valence-electron chi connectivity index (χ2n) is 5.13. The van der Waals surface area contributed by atoms with Gasteiger partial charge in [0, 0.05) is 11.6 Å². The molecular weight excluding hydrogens is 240 g/mol. The predicted octanol–water partition coefficient (Wildman–Crippen LogP) is 2.45. The molecule has 104 valence electrons. The summed E-state index contributed by atoms with van der Waals surface area (Å²) in [6.45, 7) is 7.35. The largest absolute Gasteiger partial charge is 0.487 e. The maximum atomic E-state index is 12.1. The highest BCUT2D eigenvalue weighted by atomic mass is 16.5. The number of hydrogen-bond donors (Lipinski definition) is 2. The van der Waals surface area contributed by atoms with E-state index in [-0.39, 0.29) is 11.9 Å². The summed E-state index contributed by atoms with van der Waals surface area (Å²) >= 11 is 0. The van der Waals surface area contributed by atoms with Crippen molar-refractivity contribution < 1.29 is 9.53 Å². The fraction of sp³-hybridized carbons (Fsp3) is 0.533. The number of benzene rings is 1. The Morgan fingerprint density at radius 1 is 1.58 bits per heavy atom. The monoisotopic (exact) mass is 262 g/mol. The smallest absolute Gasteiger partial charge is 0.176 e. The van der Waals surface area contributed by atoms with E-state index >= 15 is 0 Å². The zero-order chi connectivity index (χ0) is 13.8. The average molecular weight is 262 g/mol. The molecule has 2 unspecified atom stereocenters. The molecule has 0 aliphatic carbocycles. The van der Waals surface area contributed by atoms with E-state index in [1.807, 2.05) is 25.1 Å². The zero-order valence-electron chi connectivity index (χ0n) is 11.8. The normalized spacial score (nSPS) is 19.0. The average Bonchev–Trinajstić information content (AvgIpc) is 2.43. The number of anilines is 1. The second kappa shape index (κ2) is 6.06. The number of ether oxygens (including phenoxy) is 1. The van der Waals surface area contributed by atoms with E-state index < -0.39 is 0 Å². The third-order valence-electron chi connectivity index (χ3n) is 3.43. The van der Waals surface area contributed by atoms with Crippen LogP contribution in [0.3, 0.4) is 0 Å². The second-order valence-corrected chi connectivity index (χ2v) is 5.13. The Morgan fingerprint density at radius 3 is 3.11 bits per heavy atom. The number of carbonyl (C=O) groups is 1. The number of fused-ring (bicyclic) bond motifs is 1. The SMILES string of the molecule is CCC(C)NCC(=O)c1ccc2c(c1)NCC(C)O2. The molecule has 0 radical (unpaired) electrons. The van der Waals surface area contributed by atoms with E-state index in [0.717, 1.165) is 30.0 Å². The van der Waals surface area contributed by atoms with E-state index in [0.29, 0.717) is 12.6 Å². The van der Waals surface area contributed by atoms with Crippen LogP contribution in [0.4, 0.5) is 5.69 Å². The van der Waals surface area contributed by atoms with Crippen LogP contribution in [-0.2, 0) is 0 Å². The van der Waals surface area contributed by atoms with Crippen LogP contribution in [0.25, 0.3) is 0 Å². The van der Waals surface area contributed by atoms with Gasteiger partial charge in [0.1, 0.15) is 11.9 Å². The summed E-state index contributed by atoms with van der Waals surface area (Å²) in [6.07, 6.45) is 1.19. The molecule has 0 saturated carbocycles. The van der Waals surface area contributed by atoms with E-state index in [2.05, 4.69) is 24.5 Å². The lowest BCUT2D eigenvalue weighted by atomic mass is 10.1. The van der Waals surface area contributed by atoms with Crippen LogP contribution in [0.1, 0.15) is 37.6 Å². The quantitative estimate of drug-likeness (QED) is 0.800. The third-order valence-corrected chi connectivity index (χ3v) is 3.43. The summed E-state index contributed by atoms with van der Waals surface area (Å²) in [6, 6.07) is 5.94. The summed E-state index contributed by atoms with van der Waals surface area (Å²) in [5.41, 5.74) is 1.63. The Labute approximate surface area is 114 Å². The predicted molar refractivity (Wildman–Crippen MR) is 77.1 cm³/mol. The molecule has 1 aliphatic heterocycles. The molecule has 0 aromatic heterocycles. The Bertz CT molecular complexity index is 459. The molecule has 2 N–H and O–H groups in total. The summed E-state index contributed by atoms with van der Waals surface area (Å²) in [5, 5.41) is 6.50. The van der Waals surface area contributed by atoms with E-state index in [1.165, 1.54) is 0 Å². The summed E-state index contributed by atoms with van der Waals surface area (Å²) in [7, 11) is 0. The minimum absolute atomic E-state index is 0.114. The van der Waals surface area contributed by atoms with Gasteiger partial charge in [-0.3, -0.25) is 4.79 Å². The van der Waals surface area contributed by atoms with Crippen LogP contribution in [0, 0.1) is 0 Å². The molecule has 2 rings (SSSR count). The highest BCUT2D eigenvalue weighted by Gasteiger charge is 2.17. The Kier molecular flexibility index (Phi) is 4.43. The lowest BCUT2D eigenvalue weighted by Gasteiger charge is -2.25. The van der Waals surface area contributed by atoms with Gasteiger partial charge in [-0.15, -0.1) is 0 Å². The van der Waals surface area contributed by atoms with Crippen molar-refractivity contribution in [2.45, 2.75) is 39.3 Å². The summed E-state index contributed by atoms with van der Waals surface area (Å²) < 4.78 is 5.69. The molecule has 4 nitrogen and oxygen atoms in total. The first-order chi connectivity index (χ1) is 9.10. The molecular formula is C15H22N2O2. The number of rotatable bonds is 5. The standard InChI is InChI=1S/C15H22N2O2/c1-4-10(2)16-9-14(18)12-5-6-15-13(7-12)17-8-11(3)19-15/h5-7,10-11,16-17H,4,8-9H2,1-3H3. The number of nitrogens with one attached hydrogen (secondary N) is 2. The fourth-order valence-electron chi connectivity index (χ4n) is 1.97. The molecule has 1 aromatic rings. The first kappa shape index (κ1) is 13.9. The zero-order valence-corrected chi connectivity index (χ0v) is 11.8. The van der Waals surface area contributed by atoms with Gasteiger partial charge in [0.2, 0.25) is 0 Å². The van der Waals surface area contributed by atoms with Gasteiger partial charge in [-0.2, -0.15) is 0 Å². The van der Waals surface area contributed by atoms with Crippen molar-refractivity contribution in [1.82, 2.24) is 5.32 Å². The number of hydrogen-bond acceptors (Lipinski definition) is 4. The number of Topliss-reactive ketones (excluding diaryl/α,β-unsaturated/α-hetero) is 1. The van der Waals surface area contributed by atoms with Gasteiger partial charge in [-0.25, -0.2) is 0 Å². The summed E-state index contributed by atoms with van der Waals surface area (Å²) in [5.74, 6) is 0.939. The van der Waals surface area contributed by atoms with Gasteiger partial charge in [-0.1, -0.05) is 6.92 Å². The molecule has 0 amide bonds. The van der Waals surface area contributed by atoms with Crippen LogP contribution in [0.5, 0.6) is 5.75 Å². The van der Waals surface area contributed by atoms with Crippen LogP contribution < -0.4 is 15.4 Å². The van der Waals surface area contributed by atoms with Gasteiger partial charge in [0.25, 0.3) is 0 Å². The van der Waals surface area contributed by atoms with Crippen molar-refractivity contribution in [2.24, 2.45) is 0 Å². The maximum absolute atomic E-state index is 12.1. The van der Waals surface area contributed by atoms with Crippen molar-refractivity contribution in [3.05, 3.63) is 23.8 Å². The first-order valence-electron chi connectivity index (χ1n) is 6.91. The van der Waals surface area contributed by atoms with Crippen molar-refractivity contribution >= 4 is 11.5 Å². The van der Waals surface area contributed by atoms with Crippen molar-refractivity contribution in [2.75, 3.05) is 18.4 Å². The van der Waals surface area contributed by atoms with E-state index in [1.54, 1.807) is 0 Å². The molecule has 2 atom stereocenters. The van der Waals surface area contributed by atoms with Crippen LogP contribution >= 0.6 is 0 Å². The minimum Gasteiger partial charge on any atom is -0.487 e. The lowest BCUT2D eigenvalue weighted by molar-refractivity contribution is 0.0987. The van der Waals surface area contributed by atoms with Gasteiger partial charge in [0.15, 0.2) is 5.78 Å². The van der Waals surface area contributed by atoms with Crippen molar-refractivity contribution in [3.63, 3.8) is 0 Å². The van der Waals surface area contributed by atoms with Crippen molar-refractivity contribution in [3.8, 4) is 5.75 Å². The van der Waals surface area contributed by atoms with Crippen LogP contribution in [-0.4, -0.2) is 31.0 Å².